The number of imide groups is 1. The van der Waals surface area contributed by atoms with Gasteiger partial charge in [-0.05, 0) is 57.0 Å². The van der Waals surface area contributed by atoms with Gasteiger partial charge in [0.1, 0.15) is 5.70 Å². The van der Waals surface area contributed by atoms with Crippen LogP contribution < -0.4 is 10.6 Å². The highest BCUT2D eigenvalue weighted by Crippen LogP contribution is 2.32. The SMILES string of the molecule is CC(=O)Nc1ccc(C2=C(Nc3ccc(C)cc3C)C(=O)N(CCOC(C)C)C2=O)cc1. The van der Waals surface area contributed by atoms with Crippen LogP contribution in [-0.2, 0) is 19.1 Å². The third-order valence-corrected chi connectivity index (χ3v) is 5.07. The van der Waals surface area contributed by atoms with Crippen LogP contribution in [0.25, 0.3) is 5.57 Å². The Balaban J connectivity index is 1.98. The molecule has 0 aromatic heterocycles. The highest BCUT2D eigenvalue weighted by atomic mass is 16.5. The molecule has 0 aliphatic carbocycles. The van der Waals surface area contributed by atoms with Crippen molar-refractivity contribution < 1.29 is 19.1 Å². The Morgan fingerprint density at radius 2 is 1.72 bits per heavy atom. The van der Waals surface area contributed by atoms with E-state index in [0.717, 1.165) is 16.8 Å². The van der Waals surface area contributed by atoms with Crippen LogP contribution in [0.5, 0.6) is 0 Å². The van der Waals surface area contributed by atoms with Crippen LogP contribution in [0.1, 0.15) is 37.5 Å². The van der Waals surface area contributed by atoms with Gasteiger partial charge < -0.3 is 15.4 Å². The van der Waals surface area contributed by atoms with Crippen molar-refractivity contribution >= 4 is 34.7 Å². The molecule has 2 aromatic carbocycles. The van der Waals surface area contributed by atoms with Gasteiger partial charge in [-0.25, -0.2) is 0 Å². The predicted molar refractivity (Wildman–Crippen MR) is 125 cm³/mol. The van der Waals surface area contributed by atoms with Crippen LogP contribution >= 0.6 is 0 Å². The van der Waals surface area contributed by atoms with Gasteiger partial charge in [-0.3, -0.25) is 19.3 Å². The maximum Gasteiger partial charge on any atom is 0.278 e. The number of hydrogen-bond acceptors (Lipinski definition) is 5. The quantitative estimate of drug-likeness (QED) is 0.615. The maximum absolute atomic E-state index is 13.3. The number of anilines is 2. The fraction of sp³-hybridized carbons (Fsp3) is 0.320. The summed E-state index contributed by atoms with van der Waals surface area (Å²) in [6.45, 7) is 9.62. The molecule has 0 bridgehead atoms. The minimum absolute atomic E-state index is 0.00404. The molecule has 0 spiro atoms. The lowest BCUT2D eigenvalue weighted by molar-refractivity contribution is -0.138. The normalized spacial score (nSPS) is 13.9. The van der Waals surface area contributed by atoms with E-state index in [9.17, 15) is 14.4 Å². The van der Waals surface area contributed by atoms with Gasteiger partial charge in [0, 0.05) is 18.3 Å². The molecule has 2 aromatic rings. The molecule has 168 valence electrons. The Morgan fingerprint density at radius 1 is 1.03 bits per heavy atom. The lowest BCUT2D eigenvalue weighted by Gasteiger charge is -2.17. The number of amides is 3. The molecular formula is C25H29N3O4. The summed E-state index contributed by atoms with van der Waals surface area (Å²) in [5.74, 6) is -0.942. The van der Waals surface area contributed by atoms with Gasteiger partial charge in [0.25, 0.3) is 11.8 Å². The van der Waals surface area contributed by atoms with Gasteiger partial charge in [-0.15, -0.1) is 0 Å². The molecule has 32 heavy (non-hydrogen) atoms. The molecule has 7 heteroatoms. The number of ether oxygens (including phenoxy) is 1. The van der Waals surface area contributed by atoms with Crippen LogP contribution in [0, 0.1) is 13.8 Å². The summed E-state index contributed by atoms with van der Waals surface area (Å²) in [6, 6.07) is 12.7. The number of hydrogen-bond donors (Lipinski definition) is 2. The second-order valence-corrected chi connectivity index (χ2v) is 8.13. The lowest BCUT2D eigenvalue weighted by Crippen LogP contribution is -2.35. The van der Waals surface area contributed by atoms with Crippen molar-refractivity contribution in [3.05, 3.63) is 64.9 Å². The number of nitrogens with zero attached hydrogens (tertiary/aromatic N) is 1. The Bertz CT molecular complexity index is 1070. The first-order valence-electron chi connectivity index (χ1n) is 10.6. The average molecular weight is 436 g/mol. The number of carbonyl (C=O) groups excluding carboxylic acids is 3. The molecule has 2 N–H and O–H groups in total. The van der Waals surface area contributed by atoms with Crippen LogP contribution in [0.2, 0.25) is 0 Å². The fourth-order valence-corrected chi connectivity index (χ4v) is 3.55. The minimum atomic E-state index is -0.386. The fourth-order valence-electron chi connectivity index (χ4n) is 3.55. The van der Waals surface area contributed by atoms with Crippen LogP contribution in [0.3, 0.4) is 0 Å². The third-order valence-electron chi connectivity index (χ3n) is 5.07. The van der Waals surface area contributed by atoms with E-state index < -0.39 is 0 Å². The number of carbonyl (C=O) groups is 3. The van der Waals surface area contributed by atoms with E-state index in [1.165, 1.54) is 11.8 Å². The van der Waals surface area contributed by atoms with E-state index in [-0.39, 0.29) is 42.7 Å². The van der Waals surface area contributed by atoms with E-state index >= 15 is 0 Å². The standard InChI is InChI=1S/C25H29N3O4/c1-15(2)32-13-12-28-24(30)22(19-7-9-20(10-8-19)26-18(5)29)23(25(28)31)27-21-11-6-16(3)14-17(21)4/h6-11,14-15,27H,12-13H2,1-5H3,(H,26,29). The zero-order valence-corrected chi connectivity index (χ0v) is 19.1. The summed E-state index contributed by atoms with van der Waals surface area (Å²) in [5, 5.41) is 5.90. The first-order valence-corrected chi connectivity index (χ1v) is 10.6. The van der Waals surface area contributed by atoms with E-state index in [4.69, 9.17) is 4.74 Å². The van der Waals surface area contributed by atoms with Crippen molar-refractivity contribution in [2.75, 3.05) is 23.8 Å². The molecule has 3 rings (SSSR count). The van der Waals surface area contributed by atoms with Crippen molar-refractivity contribution in [3.8, 4) is 0 Å². The van der Waals surface area contributed by atoms with Gasteiger partial charge >= 0.3 is 0 Å². The molecule has 0 fully saturated rings. The molecule has 1 aliphatic rings. The van der Waals surface area contributed by atoms with E-state index in [2.05, 4.69) is 10.6 Å². The second kappa shape index (κ2) is 9.78. The zero-order chi connectivity index (χ0) is 23.4. The summed E-state index contributed by atoms with van der Waals surface area (Å²) in [5.41, 5.74) is 4.59. The van der Waals surface area contributed by atoms with E-state index in [1.54, 1.807) is 24.3 Å². The predicted octanol–water partition coefficient (Wildman–Crippen LogP) is 3.88. The second-order valence-electron chi connectivity index (χ2n) is 8.13. The van der Waals surface area contributed by atoms with Crippen molar-refractivity contribution in [3.63, 3.8) is 0 Å². The monoisotopic (exact) mass is 435 g/mol. The molecule has 3 amide bonds. The Hall–Kier alpha value is -3.45. The highest BCUT2D eigenvalue weighted by molar-refractivity contribution is 6.36. The van der Waals surface area contributed by atoms with Gasteiger partial charge in [-0.1, -0.05) is 29.8 Å². The molecule has 1 aliphatic heterocycles. The Morgan fingerprint density at radius 3 is 2.31 bits per heavy atom. The van der Waals surface area contributed by atoms with Gasteiger partial charge in [0.15, 0.2) is 0 Å². The van der Waals surface area contributed by atoms with E-state index in [1.807, 2.05) is 45.9 Å². The van der Waals surface area contributed by atoms with Crippen LogP contribution in [0.4, 0.5) is 11.4 Å². The number of benzene rings is 2. The summed E-state index contributed by atoms with van der Waals surface area (Å²) in [7, 11) is 0. The number of aryl methyl sites for hydroxylation is 2. The first-order chi connectivity index (χ1) is 15.2. The van der Waals surface area contributed by atoms with Crippen molar-refractivity contribution in [1.29, 1.82) is 0 Å². The lowest BCUT2D eigenvalue weighted by atomic mass is 10.0. The minimum Gasteiger partial charge on any atom is -0.377 e. The summed E-state index contributed by atoms with van der Waals surface area (Å²) < 4.78 is 5.55. The smallest absolute Gasteiger partial charge is 0.278 e. The number of rotatable bonds is 8. The number of nitrogens with one attached hydrogen (secondary N) is 2. The van der Waals surface area contributed by atoms with Crippen molar-refractivity contribution in [2.24, 2.45) is 0 Å². The van der Waals surface area contributed by atoms with Gasteiger partial charge in [-0.2, -0.15) is 0 Å². The van der Waals surface area contributed by atoms with Gasteiger partial charge in [0.2, 0.25) is 5.91 Å². The average Bonchev–Trinajstić information content (AvgIpc) is 2.94. The molecular weight excluding hydrogens is 406 g/mol. The molecule has 0 saturated heterocycles. The molecule has 0 saturated carbocycles. The molecule has 0 radical (unpaired) electrons. The topological polar surface area (TPSA) is 87.7 Å². The summed E-state index contributed by atoms with van der Waals surface area (Å²) in [4.78, 5) is 39.0. The van der Waals surface area contributed by atoms with Crippen molar-refractivity contribution in [2.45, 2.75) is 40.7 Å². The summed E-state index contributed by atoms with van der Waals surface area (Å²) in [6.07, 6.45) is 0.00404. The van der Waals surface area contributed by atoms with E-state index in [0.29, 0.717) is 16.8 Å². The van der Waals surface area contributed by atoms with Crippen LogP contribution in [0.15, 0.2) is 48.2 Å². The zero-order valence-electron chi connectivity index (χ0n) is 19.1. The Labute approximate surface area is 188 Å². The van der Waals surface area contributed by atoms with Crippen molar-refractivity contribution in [1.82, 2.24) is 4.90 Å². The van der Waals surface area contributed by atoms with Crippen LogP contribution in [-0.4, -0.2) is 41.9 Å². The summed E-state index contributed by atoms with van der Waals surface area (Å²) >= 11 is 0. The molecule has 0 unspecified atom stereocenters. The largest absolute Gasteiger partial charge is 0.377 e. The molecule has 0 atom stereocenters. The molecule has 1 heterocycles. The first kappa shape index (κ1) is 23.2. The van der Waals surface area contributed by atoms with Gasteiger partial charge in [0.05, 0.1) is 24.8 Å². The maximum atomic E-state index is 13.3. The third kappa shape index (κ3) is 5.23. The highest BCUT2D eigenvalue weighted by Gasteiger charge is 2.39. The Kier molecular flexibility index (Phi) is 7.10. The molecule has 7 nitrogen and oxygen atoms in total.